The minimum absolute atomic E-state index is 0.359. The number of halogens is 1. The maximum Gasteiger partial charge on any atom is 0.525 e. The maximum atomic E-state index is 14.6. The summed E-state index contributed by atoms with van der Waals surface area (Å²) in [6, 6.07) is 3.58. The summed E-state index contributed by atoms with van der Waals surface area (Å²) in [5.41, 5.74) is -0.400. The highest BCUT2D eigenvalue weighted by atomic mass is 19.1. The number of nitrogens with zero attached hydrogens (tertiary/aromatic N) is 2. The summed E-state index contributed by atoms with van der Waals surface area (Å²) in [5, 5.41) is 8.88. The first-order valence-electron chi connectivity index (χ1n) is 6.75. The van der Waals surface area contributed by atoms with Crippen molar-refractivity contribution < 1.29 is 13.7 Å². The molecule has 0 bridgehead atoms. The Balaban J connectivity index is 2.34. The molecule has 0 aromatic carbocycles. The molecule has 1 aliphatic rings. The van der Waals surface area contributed by atoms with Crippen LogP contribution in [0.5, 0.6) is 0 Å². The number of rotatable bonds is 2. The average molecular weight is 288 g/mol. The van der Waals surface area contributed by atoms with E-state index in [9.17, 15) is 4.39 Å². The van der Waals surface area contributed by atoms with Crippen LogP contribution >= 0.6 is 0 Å². The molecule has 110 valence electrons. The second-order valence-corrected chi connectivity index (χ2v) is 6.14. The van der Waals surface area contributed by atoms with Crippen molar-refractivity contribution in [2.45, 2.75) is 45.8 Å². The quantitative estimate of drug-likeness (QED) is 0.784. The van der Waals surface area contributed by atoms with E-state index >= 15 is 0 Å². The first-order chi connectivity index (χ1) is 9.68. The van der Waals surface area contributed by atoms with Crippen molar-refractivity contribution in [3.8, 4) is 6.07 Å². The van der Waals surface area contributed by atoms with E-state index in [-0.39, 0.29) is 0 Å². The number of pyridine rings is 1. The first-order valence-corrected chi connectivity index (χ1v) is 6.75. The second-order valence-electron chi connectivity index (χ2n) is 6.14. The number of allylic oxidation sites excluding steroid dienone is 1. The van der Waals surface area contributed by atoms with Crippen LogP contribution in [0, 0.1) is 11.3 Å². The maximum absolute atomic E-state index is 14.6. The fourth-order valence-corrected chi connectivity index (χ4v) is 1.97. The third-order valence-electron chi connectivity index (χ3n) is 4.12. The largest absolute Gasteiger partial charge is 0.525 e. The molecule has 0 spiro atoms. The van der Waals surface area contributed by atoms with Gasteiger partial charge in [-0.2, -0.15) is 5.26 Å². The van der Waals surface area contributed by atoms with Crippen molar-refractivity contribution in [1.82, 2.24) is 4.98 Å². The molecule has 4 nitrogen and oxygen atoms in total. The molecule has 1 aromatic rings. The van der Waals surface area contributed by atoms with Gasteiger partial charge in [0.1, 0.15) is 11.8 Å². The normalized spacial score (nSPS) is 20.9. The zero-order chi connectivity index (χ0) is 15.8. The number of hydrogen-bond acceptors (Lipinski definition) is 4. The van der Waals surface area contributed by atoms with E-state index in [2.05, 4.69) is 4.98 Å². The van der Waals surface area contributed by atoms with Gasteiger partial charge in [-0.05, 0) is 51.8 Å². The molecule has 6 heteroatoms. The van der Waals surface area contributed by atoms with E-state index in [0.717, 1.165) is 0 Å². The SMILES string of the molecule is CC(=C(F)B1OC(C)(C)C(C)(C)O1)c1cncc(C#N)c1. The van der Waals surface area contributed by atoms with Crippen LogP contribution in [0.1, 0.15) is 45.7 Å². The van der Waals surface area contributed by atoms with E-state index in [1.54, 1.807) is 13.0 Å². The lowest BCUT2D eigenvalue weighted by Gasteiger charge is -2.32. The molecule has 0 aliphatic carbocycles. The standard InChI is InChI=1S/C15H18BFN2O2/c1-10(12-6-11(7-18)8-19-9-12)13(17)16-20-14(2,3)15(4,5)21-16/h6,8-9H,1-5H3. The van der Waals surface area contributed by atoms with Crippen molar-refractivity contribution >= 4 is 12.7 Å². The molecule has 2 heterocycles. The van der Waals surface area contributed by atoms with E-state index in [4.69, 9.17) is 14.6 Å². The molecule has 1 saturated heterocycles. The molecule has 0 unspecified atom stereocenters. The lowest BCUT2D eigenvalue weighted by Crippen LogP contribution is -2.41. The van der Waals surface area contributed by atoms with Gasteiger partial charge in [0.25, 0.3) is 0 Å². The Labute approximate surface area is 124 Å². The molecule has 0 atom stereocenters. The number of nitriles is 1. The molecular formula is C15H18BFN2O2. The van der Waals surface area contributed by atoms with Gasteiger partial charge in [0.2, 0.25) is 0 Å². The zero-order valence-electron chi connectivity index (χ0n) is 12.9. The fourth-order valence-electron chi connectivity index (χ4n) is 1.97. The van der Waals surface area contributed by atoms with Gasteiger partial charge in [-0.15, -0.1) is 0 Å². The highest BCUT2D eigenvalue weighted by Crippen LogP contribution is 2.40. The summed E-state index contributed by atoms with van der Waals surface area (Å²) >= 11 is 0. The summed E-state index contributed by atoms with van der Waals surface area (Å²) in [7, 11) is -1.04. The Morgan fingerprint density at radius 1 is 1.24 bits per heavy atom. The summed E-state index contributed by atoms with van der Waals surface area (Å²) in [6.45, 7) is 9.10. The van der Waals surface area contributed by atoms with E-state index in [1.165, 1.54) is 12.4 Å². The van der Waals surface area contributed by atoms with Crippen molar-refractivity contribution in [1.29, 1.82) is 5.26 Å². The van der Waals surface area contributed by atoms with Gasteiger partial charge >= 0.3 is 7.12 Å². The van der Waals surface area contributed by atoms with Crippen LogP contribution in [0.3, 0.4) is 0 Å². The van der Waals surface area contributed by atoms with Crippen LogP contribution in [-0.2, 0) is 9.31 Å². The summed E-state index contributed by atoms with van der Waals surface area (Å²) < 4.78 is 26.0. The van der Waals surface area contributed by atoms with Gasteiger partial charge in [0.15, 0.2) is 0 Å². The van der Waals surface area contributed by atoms with Gasteiger partial charge < -0.3 is 9.31 Å². The zero-order valence-corrected chi connectivity index (χ0v) is 12.9. The Morgan fingerprint density at radius 2 is 1.81 bits per heavy atom. The molecule has 0 amide bonds. The minimum Gasteiger partial charge on any atom is -0.398 e. The van der Waals surface area contributed by atoms with E-state index in [0.29, 0.717) is 16.7 Å². The topological polar surface area (TPSA) is 55.1 Å². The van der Waals surface area contributed by atoms with Crippen LogP contribution in [0.25, 0.3) is 5.57 Å². The van der Waals surface area contributed by atoms with Crippen molar-refractivity contribution in [3.05, 3.63) is 35.3 Å². The van der Waals surface area contributed by atoms with Crippen LogP contribution in [0.4, 0.5) is 4.39 Å². The predicted octanol–water partition coefficient (Wildman–Crippen LogP) is 3.29. The molecule has 0 radical (unpaired) electrons. The lowest BCUT2D eigenvalue weighted by molar-refractivity contribution is 0.00578. The summed E-state index contributed by atoms with van der Waals surface area (Å²) in [6.07, 6.45) is 2.95. The monoisotopic (exact) mass is 288 g/mol. The smallest absolute Gasteiger partial charge is 0.398 e. The van der Waals surface area contributed by atoms with E-state index in [1.807, 2.05) is 33.8 Å². The van der Waals surface area contributed by atoms with Crippen molar-refractivity contribution in [2.75, 3.05) is 0 Å². The highest BCUT2D eigenvalue weighted by Gasteiger charge is 2.53. The summed E-state index contributed by atoms with van der Waals surface area (Å²) in [5.74, 6) is 0. The van der Waals surface area contributed by atoms with Crippen molar-refractivity contribution in [3.63, 3.8) is 0 Å². The molecule has 1 aliphatic heterocycles. The van der Waals surface area contributed by atoms with Gasteiger partial charge in [0, 0.05) is 12.4 Å². The molecule has 0 saturated carbocycles. The molecule has 21 heavy (non-hydrogen) atoms. The lowest BCUT2D eigenvalue weighted by atomic mass is 9.83. The molecule has 0 N–H and O–H groups in total. The Morgan fingerprint density at radius 3 is 2.33 bits per heavy atom. The Bertz CT molecular complexity index is 619. The predicted molar refractivity (Wildman–Crippen MR) is 78.7 cm³/mol. The third kappa shape index (κ3) is 2.85. The second kappa shape index (κ2) is 5.25. The van der Waals surface area contributed by atoms with Crippen LogP contribution in [0.2, 0.25) is 0 Å². The summed E-state index contributed by atoms with van der Waals surface area (Å²) in [4.78, 5) is 3.94. The third-order valence-corrected chi connectivity index (χ3v) is 4.12. The highest BCUT2D eigenvalue weighted by molar-refractivity contribution is 6.55. The van der Waals surface area contributed by atoms with Gasteiger partial charge in [0.05, 0.1) is 16.8 Å². The van der Waals surface area contributed by atoms with Crippen LogP contribution < -0.4 is 0 Å². The van der Waals surface area contributed by atoms with Gasteiger partial charge in [-0.25, -0.2) is 4.39 Å². The minimum atomic E-state index is -1.04. The number of hydrogen-bond donors (Lipinski definition) is 0. The fraction of sp³-hybridized carbons (Fsp3) is 0.467. The molecule has 1 fully saturated rings. The Hall–Kier alpha value is -1.71. The Kier molecular flexibility index (Phi) is 3.92. The molecular weight excluding hydrogens is 270 g/mol. The van der Waals surface area contributed by atoms with E-state index < -0.39 is 24.0 Å². The number of aromatic nitrogens is 1. The van der Waals surface area contributed by atoms with Crippen LogP contribution in [-0.4, -0.2) is 23.3 Å². The molecule has 2 rings (SSSR count). The average Bonchev–Trinajstić information content (AvgIpc) is 2.66. The van der Waals surface area contributed by atoms with Crippen molar-refractivity contribution in [2.24, 2.45) is 0 Å². The molecule has 1 aromatic heterocycles. The first kappa shape index (κ1) is 15.7. The van der Waals surface area contributed by atoms with Gasteiger partial charge in [-0.1, -0.05) is 0 Å². The van der Waals surface area contributed by atoms with Crippen LogP contribution in [0.15, 0.2) is 24.2 Å². The van der Waals surface area contributed by atoms with Gasteiger partial charge in [-0.3, -0.25) is 4.98 Å².